The van der Waals surface area contributed by atoms with Crippen molar-refractivity contribution in [1.82, 2.24) is 5.32 Å². The third kappa shape index (κ3) is 6.15. The Morgan fingerprint density at radius 3 is 2.18 bits per heavy atom. The number of hydrogen-bond donors (Lipinski definition) is 1. The molecule has 0 bridgehead atoms. The fraction of sp³-hybridized carbons (Fsp3) is 0.269. The number of amides is 1. The molecule has 0 aliphatic carbocycles. The third-order valence-electron chi connectivity index (χ3n) is 5.37. The van der Waals surface area contributed by atoms with Crippen molar-refractivity contribution in [2.24, 2.45) is 0 Å². The molecule has 0 radical (unpaired) electrons. The molecule has 0 saturated heterocycles. The summed E-state index contributed by atoms with van der Waals surface area (Å²) in [4.78, 5) is 13.0. The average Bonchev–Trinajstić information content (AvgIpc) is 2.77. The maximum atomic E-state index is 13.4. The Morgan fingerprint density at radius 2 is 1.61 bits per heavy atom. The molecule has 1 unspecified atom stereocenters. The molecule has 0 heterocycles. The molecule has 0 aliphatic heterocycles. The molecule has 0 fully saturated rings. The highest BCUT2D eigenvalue weighted by Crippen LogP contribution is 2.27. The minimum absolute atomic E-state index is 0.0360. The van der Waals surface area contributed by atoms with Crippen LogP contribution in [0.3, 0.4) is 0 Å². The Bertz CT molecular complexity index is 1200. The number of nitrogens with zero attached hydrogens (tertiary/aromatic N) is 1. The Kier molecular flexibility index (Phi) is 7.50. The first-order valence-electron chi connectivity index (χ1n) is 10.7. The van der Waals surface area contributed by atoms with Crippen molar-refractivity contribution in [3.8, 4) is 0 Å². The van der Waals surface area contributed by atoms with E-state index in [4.69, 9.17) is 11.6 Å². The maximum Gasteiger partial charge on any atom is 0.264 e. The van der Waals surface area contributed by atoms with E-state index in [1.165, 1.54) is 23.8 Å². The van der Waals surface area contributed by atoms with Crippen LogP contribution in [0.25, 0.3) is 0 Å². The van der Waals surface area contributed by atoms with Gasteiger partial charge in [0.05, 0.1) is 16.6 Å². The van der Waals surface area contributed by atoms with Crippen molar-refractivity contribution in [2.75, 3.05) is 10.8 Å². The zero-order valence-corrected chi connectivity index (χ0v) is 20.8. The summed E-state index contributed by atoms with van der Waals surface area (Å²) in [5, 5.41) is 3.30. The predicted molar refractivity (Wildman–Crippen MR) is 134 cm³/mol. The van der Waals surface area contributed by atoms with E-state index >= 15 is 0 Å². The van der Waals surface area contributed by atoms with Crippen LogP contribution in [-0.4, -0.2) is 20.9 Å². The quantitative estimate of drug-likeness (QED) is 0.467. The van der Waals surface area contributed by atoms with Crippen LogP contribution in [0.2, 0.25) is 5.02 Å². The second kappa shape index (κ2) is 9.98. The Hall–Kier alpha value is -2.83. The first-order chi connectivity index (χ1) is 15.5. The van der Waals surface area contributed by atoms with Crippen molar-refractivity contribution in [3.05, 3.63) is 95.0 Å². The lowest BCUT2D eigenvalue weighted by atomic mass is 9.86. The van der Waals surface area contributed by atoms with E-state index < -0.39 is 15.9 Å². The van der Waals surface area contributed by atoms with Gasteiger partial charge in [0.25, 0.3) is 10.0 Å². The van der Waals surface area contributed by atoms with Crippen molar-refractivity contribution >= 4 is 33.2 Å². The number of hydrogen-bond acceptors (Lipinski definition) is 3. The summed E-state index contributed by atoms with van der Waals surface area (Å²) < 4.78 is 27.8. The highest BCUT2D eigenvalue weighted by molar-refractivity contribution is 7.92. The molecule has 174 valence electrons. The van der Waals surface area contributed by atoms with E-state index in [2.05, 4.69) is 38.2 Å². The zero-order chi connectivity index (χ0) is 24.2. The molecule has 3 aromatic rings. The SMILES string of the molecule is CC(NC(=O)CN(c1cccc(Cl)c1)S(=O)(=O)c1ccccc1)c1ccc(C(C)(C)C)cc1. The molecular weight excluding hydrogens is 456 g/mol. The molecule has 1 N–H and O–H groups in total. The second-order valence-electron chi connectivity index (χ2n) is 8.97. The summed E-state index contributed by atoms with van der Waals surface area (Å²) >= 11 is 6.11. The Balaban J connectivity index is 1.83. The molecule has 0 aromatic heterocycles. The molecule has 7 heteroatoms. The van der Waals surface area contributed by atoms with Crippen LogP contribution in [0.1, 0.15) is 44.9 Å². The van der Waals surface area contributed by atoms with E-state index in [1.54, 1.807) is 36.4 Å². The summed E-state index contributed by atoms with van der Waals surface area (Å²) in [5.74, 6) is -0.415. The topological polar surface area (TPSA) is 66.5 Å². The summed E-state index contributed by atoms with van der Waals surface area (Å²) in [7, 11) is -3.97. The summed E-state index contributed by atoms with van der Waals surface area (Å²) in [6, 6.07) is 22.3. The van der Waals surface area contributed by atoms with E-state index in [9.17, 15) is 13.2 Å². The Morgan fingerprint density at radius 1 is 0.970 bits per heavy atom. The first kappa shape index (κ1) is 24.8. The van der Waals surface area contributed by atoms with Gasteiger partial charge in [-0.3, -0.25) is 9.10 Å². The van der Waals surface area contributed by atoms with Crippen molar-refractivity contribution < 1.29 is 13.2 Å². The van der Waals surface area contributed by atoms with Crippen LogP contribution >= 0.6 is 11.6 Å². The smallest absolute Gasteiger partial charge is 0.264 e. The van der Waals surface area contributed by atoms with Gasteiger partial charge in [0.2, 0.25) is 5.91 Å². The van der Waals surface area contributed by atoms with Crippen molar-refractivity contribution in [3.63, 3.8) is 0 Å². The molecule has 0 spiro atoms. The first-order valence-corrected chi connectivity index (χ1v) is 12.5. The number of sulfonamides is 1. The lowest BCUT2D eigenvalue weighted by Crippen LogP contribution is -2.41. The fourth-order valence-corrected chi connectivity index (χ4v) is 5.06. The fourth-order valence-electron chi connectivity index (χ4n) is 3.44. The van der Waals surface area contributed by atoms with Gasteiger partial charge in [0.1, 0.15) is 6.54 Å². The summed E-state index contributed by atoms with van der Waals surface area (Å²) in [6.45, 7) is 7.93. The normalized spacial score (nSPS) is 12.8. The lowest BCUT2D eigenvalue weighted by molar-refractivity contribution is -0.120. The van der Waals surface area contributed by atoms with Crippen LogP contribution in [0.15, 0.2) is 83.8 Å². The molecule has 3 rings (SSSR count). The van der Waals surface area contributed by atoms with Gasteiger partial charge in [0.15, 0.2) is 0 Å². The number of benzene rings is 3. The second-order valence-corrected chi connectivity index (χ2v) is 11.3. The van der Waals surface area contributed by atoms with Crippen LogP contribution in [-0.2, 0) is 20.2 Å². The van der Waals surface area contributed by atoms with Crippen molar-refractivity contribution in [1.29, 1.82) is 0 Å². The largest absolute Gasteiger partial charge is 0.348 e. The molecule has 1 atom stereocenters. The maximum absolute atomic E-state index is 13.4. The number of anilines is 1. The molecule has 0 saturated carbocycles. The van der Waals surface area contributed by atoms with Gasteiger partial charge in [-0.05, 0) is 53.8 Å². The van der Waals surface area contributed by atoms with Gasteiger partial charge in [-0.1, -0.05) is 80.9 Å². The average molecular weight is 485 g/mol. The van der Waals surface area contributed by atoms with Gasteiger partial charge in [-0.15, -0.1) is 0 Å². The van der Waals surface area contributed by atoms with Gasteiger partial charge in [-0.2, -0.15) is 0 Å². The highest BCUT2D eigenvalue weighted by atomic mass is 35.5. The number of nitrogens with one attached hydrogen (secondary N) is 1. The van der Waals surface area contributed by atoms with E-state index in [1.807, 2.05) is 19.1 Å². The number of rotatable bonds is 7. The number of carbonyl (C=O) groups is 1. The molecular formula is C26H29ClN2O3S. The number of carbonyl (C=O) groups excluding carboxylic acids is 1. The minimum atomic E-state index is -3.97. The third-order valence-corrected chi connectivity index (χ3v) is 7.39. The summed E-state index contributed by atoms with van der Waals surface area (Å²) in [6.07, 6.45) is 0. The molecule has 5 nitrogen and oxygen atoms in total. The van der Waals surface area contributed by atoms with Gasteiger partial charge < -0.3 is 5.32 Å². The molecule has 33 heavy (non-hydrogen) atoms. The monoisotopic (exact) mass is 484 g/mol. The van der Waals surface area contributed by atoms with Crippen LogP contribution in [0.4, 0.5) is 5.69 Å². The molecule has 0 aliphatic rings. The van der Waals surface area contributed by atoms with Gasteiger partial charge >= 0.3 is 0 Å². The standard InChI is InChI=1S/C26H29ClN2O3S/c1-19(20-13-15-21(16-14-20)26(2,3)4)28-25(30)18-29(23-10-8-9-22(27)17-23)33(31,32)24-11-6-5-7-12-24/h5-17,19H,18H2,1-4H3,(H,28,30). The van der Waals surface area contributed by atoms with Gasteiger partial charge in [0, 0.05) is 5.02 Å². The van der Waals surface area contributed by atoms with Crippen LogP contribution < -0.4 is 9.62 Å². The van der Waals surface area contributed by atoms with Crippen molar-refractivity contribution in [2.45, 2.75) is 44.0 Å². The highest BCUT2D eigenvalue weighted by Gasteiger charge is 2.28. The van der Waals surface area contributed by atoms with Crippen LogP contribution in [0, 0.1) is 0 Å². The predicted octanol–water partition coefficient (Wildman–Crippen LogP) is 5.71. The number of halogens is 1. The zero-order valence-electron chi connectivity index (χ0n) is 19.2. The van der Waals surface area contributed by atoms with Gasteiger partial charge in [-0.25, -0.2) is 8.42 Å². The van der Waals surface area contributed by atoms with E-state index in [-0.39, 0.29) is 22.9 Å². The van der Waals surface area contributed by atoms with E-state index in [0.717, 1.165) is 9.87 Å². The molecule has 3 aromatic carbocycles. The van der Waals surface area contributed by atoms with Crippen LogP contribution in [0.5, 0.6) is 0 Å². The van der Waals surface area contributed by atoms with E-state index in [0.29, 0.717) is 10.7 Å². The summed E-state index contributed by atoms with van der Waals surface area (Å²) in [5.41, 5.74) is 2.50. The minimum Gasteiger partial charge on any atom is -0.348 e. The Labute approximate surface area is 201 Å². The lowest BCUT2D eigenvalue weighted by Gasteiger charge is -2.25. The molecule has 1 amide bonds.